The second-order valence-electron chi connectivity index (χ2n) is 7.13. The molecular formula is C16H28O3S. The number of carbonyl (C=O) groups is 1. The molecule has 0 aromatic carbocycles. The quantitative estimate of drug-likeness (QED) is 0.798. The zero-order valence-electron chi connectivity index (χ0n) is 13.2. The first-order valence-electron chi connectivity index (χ1n) is 7.75. The zero-order valence-corrected chi connectivity index (χ0v) is 14.1. The van der Waals surface area contributed by atoms with Crippen LogP contribution >= 0.6 is 11.8 Å². The molecule has 0 N–H and O–H groups in total. The zero-order chi connectivity index (χ0) is 14.8. The molecule has 2 heterocycles. The Morgan fingerprint density at radius 1 is 1.50 bits per heavy atom. The Bertz CT molecular complexity index is 342. The minimum atomic E-state index is -0.290. The van der Waals surface area contributed by atoms with Crippen molar-refractivity contribution in [2.45, 2.75) is 58.7 Å². The predicted octanol–water partition coefficient (Wildman–Crippen LogP) is 3.31. The van der Waals surface area contributed by atoms with Gasteiger partial charge in [-0.1, -0.05) is 20.8 Å². The lowest BCUT2D eigenvalue weighted by Crippen LogP contribution is -2.47. The molecule has 2 aliphatic rings. The molecule has 3 atom stereocenters. The molecule has 3 nitrogen and oxygen atoms in total. The average molecular weight is 300 g/mol. The van der Waals surface area contributed by atoms with Gasteiger partial charge in [0, 0.05) is 24.9 Å². The van der Waals surface area contributed by atoms with E-state index < -0.39 is 0 Å². The third kappa shape index (κ3) is 3.58. The third-order valence-corrected chi connectivity index (χ3v) is 5.56. The summed E-state index contributed by atoms with van der Waals surface area (Å²) in [4.78, 5) is 12.9. The van der Waals surface area contributed by atoms with Gasteiger partial charge < -0.3 is 9.47 Å². The molecule has 0 aromatic heterocycles. The molecule has 1 spiro atoms. The number of Topliss-reactive ketones (excluding diaryl/α,β-unsaturated/α-hetero) is 1. The Labute approximate surface area is 127 Å². The Hall–Kier alpha value is -0.0600. The van der Waals surface area contributed by atoms with Gasteiger partial charge in [-0.05, 0) is 37.4 Å². The maximum absolute atomic E-state index is 12.9. The van der Waals surface area contributed by atoms with E-state index in [2.05, 4.69) is 20.8 Å². The molecule has 116 valence electrons. The summed E-state index contributed by atoms with van der Waals surface area (Å²) in [5, 5.41) is 0. The molecule has 0 radical (unpaired) electrons. The minimum Gasteiger partial charge on any atom is -0.374 e. The molecule has 0 amide bonds. The van der Waals surface area contributed by atoms with E-state index in [1.165, 1.54) is 0 Å². The Morgan fingerprint density at radius 2 is 2.25 bits per heavy atom. The summed E-state index contributed by atoms with van der Waals surface area (Å²) in [5.74, 6) is 2.61. The van der Waals surface area contributed by atoms with Crippen molar-refractivity contribution >= 4 is 17.5 Å². The number of hydrogen-bond donors (Lipinski definition) is 0. The maximum atomic E-state index is 12.9. The Kier molecular flexibility index (Phi) is 5.19. The van der Waals surface area contributed by atoms with Crippen molar-refractivity contribution in [3.05, 3.63) is 0 Å². The second-order valence-corrected chi connectivity index (χ2v) is 8.23. The summed E-state index contributed by atoms with van der Waals surface area (Å²) < 4.78 is 11.8. The molecule has 0 saturated carbocycles. The predicted molar refractivity (Wildman–Crippen MR) is 83.2 cm³/mol. The highest BCUT2D eigenvalue weighted by atomic mass is 32.2. The van der Waals surface area contributed by atoms with Crippen molar-refractivity contribution in [1.29, 1.82) is 0 Å². The fourth-order valence-electron chi connectivity index (χ4n) is 3.27. The summed E-state index contributed by atoms with van der Waals surface area (Å²) in [5.41, 5.74) is -0.166. The van der Waals surface area contributed by atoms with E-state index in [-0.39, 0.29) is 23.0 Å². The minimum absolute atomic E-state index is 0.0299. The van der Waals surface area contributed by atoms with Gasteiger partial charge in [-0.25, -0.2) is 0 Å². The van der Waals surface area contributed by atoms with Crippen LogP contribution in [0.25, 0.3) is 0 Å². The molecule has 2 rings (SSSR count). The third-order valence-electron chi connectivity index (χ3n) is 4.34. The first-order chi connectivity index (χ1) is 9.38. The van der Waals surface area contributed by atoms with Crippen molar-refractivity contribution in [2.24, 2.45) is 11.3 Å². The van der Waals surface area contributed by atoms with Gasteiger partial charge in [-0.15, -0.1) is 0 Å². The monoisotopic (exact) mass is 300 g/mol. The van der Waals surface area contributed by atoms with E-state index in [0.29, 0.717) is 12.4 Å². The van der Waals surface area contributed by atoms with E-state index in [1.807, 2.05) is 18.7 Å². The SMILES string of the molecule is CCOC(C(=O)C1CCOC2(CCSC2)C1)C(C)(C)C. The van der Waals surface area contributed by atoms with Crippen LogP contribution in [0.2, 0.25) is 0 Å². The van der Waals surface area contributed by atoms with Crippen molar-refractivity contribution in [1.82, 2.24) is 0 Å². The van der Waals surface area contributed by atoms with E-state index in [1.54, 1.807) is 0 Å². The lowest BCUT2D eigenvalue weighted by molar-refractivity contribution is -0.151. The van der Waals surface area contributed by atoms with Gasteiger partial charge in [0.1, 0.15) is 6.10 Å². The van der Waals surface area contributed by atoms with Crippen molar-refractivity contribution < 1.29 is 14.3 Å². The highest BCUT2D eigenvalue weighted by Crippen LogP contribution is 2.41. The van der Waals surface area contributed by atoms with Crippen molar-refractivity contribution in [2.75, 3.05) is 24.7 Å². The molecular weight excluding hydrogens is 272 g/mol. The van der Waals surface area contributed by atoms with E-state index in [9.17, 15) is 4.79 Å². The number of hydrogen-bond acceptors (Lipinski definition) is 4. The summed E-state index contributed by atoms with van der Waals surface area (Å²) in [6, 6.07) is 0. The Morgan fingerprint density at radius 3 is 2.80 bits per heavy atom. The van der Waals surface area contributed by atoms with Crippen LogP contribution < -0.4 is 0 Å². The molecule has 20 heavy (non-hydrogen) atoms. The number of rotatable bonds is 4. The molecule has 3 unspecified atom stereocenters. The van der Waals surface area contributed by atoms with Crippen LogP contribution in [0.1, 0.15) is 47.0 Å². The Balaban J connectivity index is 2.06. The van der Waals surface area contributed by atoms with Gasteiger partial charge in [0.25, 0.3) is 0 Å². The molecule has 0 bridgehead atoms. The van der Waals surface area contributed by atoms with Crippen LogP contribution in [-0.4, -0.2) is 42.2 Å². The van der Waals surface area contributed by atoms with Gasteiger partial charge >= 0.3 is 0 Å². The van der Waals surface area contributed by atoms with Crippen LogP contribution in [0.15, 0.2) is 0 Å². The summed E-state index contributed by atoms with van der Waals surface area (Å²) >= 11 is 1.95. The largest absolute Gasteiger partial charge is 0.374 e. The molecule has 0 aliphatic carbocycles. The number of thioether (sulfide) groups is 1. The standard InChI is InChI=1S/C16H28O3S/c1-5-18-14(15(2,3)4)13(17)12-6-8-19-16(10-12)7-9-20-11-16/h12,14H,5-11H2,1-4H3. The highest BCUT2D eigenvalue weighted by Gasteiger charge is 2.45. The van der Waals surface area contributed by atoms with Crippen LogP contribution in [0.4, 0.5) is 0 Å². The number of ketones is 1. The normalized spacial score (nSPS) is 32.5. The van der Waals surface area contributed by atoms with Crippen LogP contribution in [0, 0.1) is 11.3 Å². The van der Waals surface area contributed by atoms with Crippen LogP contribution in [0.5, 0.6) is 0 Å². The van der Waals surface area contributed by atoms with Crippen LogP contribution in [0.3, 0.4) is 0 Å². The number of ether oxygens (including phenoxy) is 2. The van der Waals surface area contributed by atoms with E-state index in [0.717, 1.165) is 37.4 Å². The fourth-order valence-corrected chi connectivity index (χ4v) is 4.65. The lowest BCUT2D eigenvalue weighted by Gasteiger charge is -2.40. The smallest absolute Gasteiger partial charge is 0.165 e. The topological polar surface area (TPSA) is 35.5 Å². The van der Waals surface area contributed by atoms with E-state index in [4.69, 9.17) is 9.47 Å². The summed E-state index contributed by atoms with van der Waals surface area (Å²) in [7, 11) is 0. The first-order valence-corrected chi connectivity index (χ1v) is 8.90. The van der Waals surface area contributed by atoms with Gasteiger partial charge in [0.05, 0.1) is 5.60 Å². The fraction of sp³-hybridized carbons (Fsp3) is 0.938. The van der Waals surface area contributed by atoms with E-state index >= 15 is 0 Å². The maximum Gasteiger partial charge on any atom is 0.165 e. The van der Waals surface area contributed by atoms with Gasteiger partial charge in [0.15, 0.2) is 5.78 Å². The van der Waals surface area contributed by atoms with Crippen molar-refractivity contribution in [3.63, 3.8) is 0 Å². The number of carbonyl (C=O) groups excluding carboxylic acids is 1. The highest BCUT2D eigenvalue weighted by molar-refractivity contribution is 7.99. The molecule has 2 saturated heterocycles. The van der Waals surface area contributed by atoms with Gasteiger partial charge in [-0.3, -0.25) is 4.79 Å². The van der Waals surface area contributed by atoms with Crippen LogP contribution in [-0.2, 0) is 14.3 Å². The molecule has 4 heteroatoms. The molecule has 2 aliphatic heterocycles. The van der Waals surface area contributed by atoms with Gasteiger partial charge in [0.2, 0.25) is 0 Å². The second kappa shape index (κ2) is 6.37. The summed E-state index contributed by atoms with van der Waals surface area (Å²) in [6.07, 6.45) is 2.54. The molecule has 2 fully saturated rings. The van der Waals surface area contributed by atoms with Gasteiger partial charge in [-0.2, -0.15) is 11.8 Å². The lowest BCUT2D eigenvalue weighted by atomic mass is 9.76. The summed E-state index contributed by atoms with van der Waals surface area (Å²) in [6.45, 7) is 9.55. The molecule has 0 aromatic rings. The van der Waals surface area contributed by atoms with Crippen molar-refractivity contribution in [3.8, 4) is 0 Å². The average Bonchev–Trinajstić information content (AvgIpc) is 2.82. The first kappa shape index (κ1) is 16.3.